The van der Waals surface area contributed by atoms with Crippen LogP contribution in [-0.4, -0.2) is 23.0 Å². The fraction of sp³-hybridized carbons (Fsp3) is 0.385. The van der Waals surface area contributed by atoms with Gasteiger partial charge in [0.15, 0.2) is 6.10 Å². The number of alkyl halides is 3. The third-order valence-electron chi connectivity index (χ3n) is 2.87. The molecular weight excluding hydrogens is 289 g/mol. The molecule has 8 heteroatoms. The zero-order valence-electron chi connectivity index (χ0n) is 11.1. The molecule has 0 saturated carbocycles. The zero-order valence-corrected chi connectivity index (χ0v) is 11.1. The molecule has 0 aliphatic heterocycles. The average Bonchev–Trinajstić information content (AvgIpc) is 2.42. The Morgan fingerprint density at radius 2 is 1.81 bits per heavy atom. The molecule has 0 saturated heterocycles. The van der Waals surface area contributed by atoms with Gasteiger partial charge in [-0.2, -0.15) is 13.2 Å². The number of rotatable bonds is 5. The normalized spacial score (nSPS) is 14.3. The van der Waals surface area contributed by atoms with Gasteiger partial charge in [-0.05, 0) is 24.1 Å². The van der Waals surface area contributed by atoms with Crippen LogP contribution in [0.2, 0.25) is 0 Å². The van der Waals surface area contributed by atoms with Gasteiger partial charge < -0.3 is 16.2 Å². The summed E-state index contributed by atoms with van der Waals surface area (Å²) in [4.78, 5) is 22.7. The number of halogens is 3. The van der Waals surface area contributed by atoms with Crippen LogP contribution in [0.5, 0.6) is 0 Å². The molecule has 116 valence electrons. The van der Waals surface area contributed by atoms with E-state index in [0.717, 1.165) is 24.3 Å². The Morgan fingerprint density at radius 1 is 1.29 bits per heavy atom. The molecule has 1 rings (SSSR count). The minimum Gasteiger partial charge on any atom is -0.378 e. The number of aliphatic hydroxyl groups excluding tert-OH is 1. The van der Waals surface area contributed by atoms with Crippen molar-refractivity contribution in [3.63, 3.8) is 0 Å². The highest BCUT2D eigenvalue weighted by molar-refractivity contribution is 5.88. The first kappa shape index (κ1) is 17.0. The quantitative estimate of drug-likeness (QED) is 0.761. The molecule has 21 heavy (non-hydrogen) atoms. The third kappa shape index (κ3) is 4.45. The number of aliphatic hydroxyl groups is 1. The van der Waals surface area contributed by atoms with Crippen LogP contribution in [0.3, 0.4) is 0 Å². The van der Waals surface area contributed by atoms with Gasteiger partial charge in [0.25, 0.3) is 5.91 Å². The summed E-state index contributed by atoms with van der Waals surface area (Å²) in [6.07, 6.45) is -5.94. The first-order valence-corrected chi connectivity index (χ1v) is 6.11. The van der Waals surface area contributed by atoms with Crippen LogP contribution in [0.4, 0.5) is 13.2 Å². The number of primary amides is 1. The van der Waals surface area contributed by atoms with Crippen molar-refractivity contribution in [2.24, 2.45) is 5.73 Å². The Hall–Kier alpha value is -2.09. The van der Waals surface area contributed by atoms with Crippen LogP contribution in [-0.2, 0) is 15.8 Å². The molecule has 0 heterocycles. The van der Waals surface area contributed by atoms with Crippen molar-refractivity contribution < 1.29 is 27.9 Å². The van der Waals surface area contributed by atoms with E-state index in [2.05, 4.69) is 5.32 Å². The van der Waals surface area contributed by atoms with Crippen LogP contribution >= 0.6 is 0 Å². The fourth-order valence-electron chi connectivity index (χ4n) is 1.63. The van der Waals surface area contributed by atoms with Crippen LogP contribution < -0.4 is 11.1 Å². The number of hydrogen-bond donors (Lipinski definition) is 3. The lowest BCUT2D eigenvalue weighted by atomic mass is 10.1. The summed E-state index contributed by atoms with van der Waals surface area (Å²) in [6.45, 7) is 1.61. The first-order chi connectivity index (χ1) is 9.66. The van der Waals surface area contributed by atoms with Gasteiger partial charge in [0.2, 0.25) is 5.91 Å². The van der Waals surface area contributed by atoms with E-state index < -0.39 is 35.7 Å². The van der Waals surface area contributed by atoms with Gasteiger partial charge >= 0.3 is 6.18 Å². The maximum Gasteiger partial charge on any atom is 0.416 e. The maximum absolute atomic E-state index is 12.4. The van der Waals surface area contributed by atoms with Crippen molar-refractivity contribution >= 4 is 11.8 Å². The highest BCUT2D eigenvalue weighted by Gasteiger charge is 2.30. The van der Waals surface area contributed by atoms with Crippen LogP contribution in [0.25, 0.3) is 0 Å². The topological polar surface area (TPSA) is 92.4 Å². The van der Waals surface area contributed by atoms with Crippen molar-refractivity contribution in [2.75, 3.05) is 0 Å². The molecule has 0 aromatic heterocycles. The molecular formula is C13H15F3N2O3. The number of benzene rings is 1. The van der Waals surface area contributed by atoms with E-state index in [4.69, 9.17) is 5.73 Å². The largest absolute Gasteiger partial charge is 0.416 e. The molecule has 0 spiro atoms. The summed E-state index contributed by atoms with van der Waals surface area (Å²) in [6, 6.07) is 2.58. The summed E-state index contributed by atoms with van der Waals surface area (Å²) in [5.74, 6) is -1.66. The molecule has 0 aliphatic carbocycles. The van der Waals surface area contributed by atoms with Crippen LogP contribution in [0.1, 0.15) is 30.6 Å². The van der Waals surface area contributed by atoms with Crippen molar-refractivity contribution in [1.82, 2.24) is 5.32 Å². The van der Waals surface area contributed by atoms with Crippen molar-refractivity contribution in [3.8, 4) is 0 Å². The molecule has 1 aromatic rings. The van der Waals surface area contributed by atoms with E-state index in [1.807, 2.05) is 0 Å². The number of hydrogen-bond acceptors (Lipinski definition) is 3. The predicted molar refractivity (Wildman–Crippen MR) is 67.8 cm³/mol. The monoisotopic (exact) mass is 304 g/mol. The van der Waals surface area contributed by atoms with Crippen molar-refractivity contribution in [1.29, 1.82) is 0 Å². The molecule has 2 amide bonds. The number of amides is 2. The number of carbonyl (C=O) groups is 2. The van der Waals surface area contributed by atoms with Gasteiger partial charge in [0, 0.05) is 0 Å². The lowest BCUT2D eigenvalue weighted by molar-refractivity contribution is -0.137. The first-order valence-electron chi connectivity index (χ1n) is 6.11. The maximum atomic E-state index is 12.4. The molecule has 1 aromatic carbocycles. The zero-order chi connectivity index (χ0) is 16.2. The van der Waals surface area contributed by atoms with Gasteiger partial charge in [0.05, 0.1) is 5.56 Å². The number of carbonyl (C=O) groups excluding carboxylic acids is 2. The van der Waals surface area contributed by atoms with E-state index in [-0.39, 0.29) is 12.0 Å². The molecule has 0 bridgehead atoms. The Kier molecular flexibility index (Phi) is 5.31. The minimum absolute atomic E-state index is 0.0141. The Labute approximate surface area is 118 Å². The van der Waals surface area contributed by atoms with E-state index in [1.54, 1.807) is 6.92 Å². The van der Waals surface area contributed by atoms with Crippen molar-refractivity contribution in [3.05, 3.63) is 35.4 Å². The Morgan fingerprint density at radius 3 is 2.19 bits per heavy atom. The van der Waals surface area contributed by atoms with E-state index in [0.29, 0.717) is 0 Å². The average molecular weight is 304 g/mol. The van der Waals surface area contributed by atoms with Crippen LogP contribution in [0, 0.1) is 0 Å². The molecule has 5 nitrogen and oxygen atoms in total. The van der Waals surface area contributed by atoms with E-state index >= 15 is 0 Å². The molecule has 0 unspecified atom stereocenters. The second-order valence-electron chi connectivity index (χ2n) is 4.39. The second-order valence-corrected chi connectivity index (χ2v) is 4.39. The molecule has 0 fully saturated rings. The lowest BCUT2D eigenvalue weighted by Gasteiger charge is -2.17. The number of nitrogens with two attached hydrogens (primary N) is 1. The highest BCUT2D eigenvalue weighted by Crippen LogP contribution is 2.29. The minimum atomic E-state index is -4.50. The molecule has 2 atom stereocenters. The predicted octanol–water partition coefficient (Wildman–Crippen LogP) is 1.12. The smallest absolute Gasteiger partial charge is 0.378 e. The number of nitrogens with one attached hydrogen (secondary N) is 1. The van der Waals surface area contributed by atoms with Gasteiger partial charge in [0.1, 0.15) is 6.04 Å². The van der Waals surface area contributed by atoms with Gasteiger partial charge in [-0.1, -0.05) is 19.1 Å². The highest BCUT2D eigenvalue weighted by atomic mass is 19.4. The van der Waals surface area contributed by atoms with Gasteiger partial charge in [-0.25, -0.2) is 0 Å². The molecule has 0 aliphatic rings. The summed E-state index contributed by atoms with van der Waals surface area (Å²) in [5.41, 5.74) is 4.14. The summed E-state index contributed by atoms with van der Waals surface area (Å²) in [7, 11) is 0. The van der Waals surface area contributed by atoms with Gasteiger partial charge in [-0.15, -0.1) is 0 Å². The van der Waals surface area contributed by atoms with Crippen molar-refractivity contribution in [2.45, 2.75) is 31.7 Å². The fourth-order valence-corrected chi connectivity index (χ4v) is 1.63. The van der Waals surface area contributed by atoms with Crippen LogP contribution in [0.15, 0.2) is 24.3 Å². The molecule has 4 N–H and O–H groups in total. The standard InChI is InChI=1S/C13H15F3N2O3/c1-2-9(11(17)20)18-12(21)10(19)7-3-5-8(6-4-7)13(14,15)16/h3-6,9-10,19H,2H2,1H3,(H2,17,20)(H,18,21)/t9-,10-/m0/s1. The Balaban J connectivity index is 2.81. The second kappa shape index (κ2) is 6.57. The lowest BCUT2D eigenvalue weighted by Crippen LogP contribution is -2.45. The summed E-state index contributed by atoms with van der Waals surface area (Å²) < 4.78 is 37.2. The molecule has 0 radical (unpaired) electrons. The van der Waals surface area contributed by atoms with E-state index in [9.17, 15) is 27.9 Å². The summed E-state index contributed by atoms with van der Waals surface area (Å²) in [5, 5.41) is 12.0. The van der Waals surface area contributed by atoms with E-state index in [1.165, 1.54) is 0 Å². The Bertz CT molecular complexity index is 514. The van der Waals surface area contributed by atoms with Gasteiger partial charge in [-0.3, -0.25) is 9.59 Å². The summed E-state index contributed by atoms with van der Waals surface area (Å²) >= 11 is 0. The SMILES string of the molecule is CC[C@H](NC(=O)[C@@H](O)c1ccc(C(F)(F)F)cc1)C(N)=O. The third-order valence-corrected chi connectivity index (χ3v) is 2.87.